The van der Waals surface area contributed by atoms with Crippen LogP contribution in [0.15, 0.2) is 59.4 Å². The van der Waals surface area contributed by atoms with Crippen LogP contribution in [-0.2, 0) is 0 Å². The van der Waals surface area contributed by atoms with Gasteiger partial charge in [-0.15, -0.1) is 11.3 Å². The van der Waals surface area contributed by atoms with Gasteiger partial charge in [-0.05, 0) is 29.8 Å². The molecule has 0 amide bonds. The van der Waals surface area contributed by atoms with E-state index >= 15 is 0 Å². The number of para-hydroxylation sites is 1. The Hall–Kier alpha value is -3.19. The quantitative estimate of drug-likeness (QED) is 0.629. The van der Waals surface area contributed by atoms with Crippen molar-refractivity contribution in [3.63, 3.8) is 0 Å². The summed E-state index contributed by atoms with van der Waals surface area (Å²) in [5.74, 6) is 0.335. The lowest BCUT2D eigenvalue weighted by atomic mass is 10.2. The number of rotatable bonds is 3. The molecule has 0 atom stereocenters. The number of aromatic nitrogens is 1. The summed E-state index contributed by atoms with van der Waals surface area (Å²) >= 11 is 1.44. The molecular weight excluding hydrogens is 336 g/mol. The second kappa shape index (κ2) is 6.03. The number of hydrogen-bond donors (Lipinski definition) is 3. The zero-order chi connectivity index (χ0) is 17.4. The fourth-order valence-corrected chi connectivity index (χ4v) is 3.64. The summed E-state index contributed by atoms with van der Waals surface area (Å²) in [6.45, 7) is 0.124. The van der Waals surface area contributed by atoms with E-state index in [-0.39, 0.29) is 23.9 Å². The molecule has 0 saturated heterocycles. The average Bonchev–Trinajstić information content (AvgIpc) is 3.13. The molecule has 2 heterocycles. The summed E-state index contributed by atoms with van der Waals surface area (Å²) in [4.78, 5) is 4.51. The van der Waals surface area contributed by atoms with E-state index in [0.717, 1.165) is 10.2 Å². The van der Waals surface area contributed by atoms with Crippen LogP contribution < -0.4 is 0 Å². The maximum atomic E-state index is 10.3. The Morgan fingerprint density at radius 1 is 1.16 bits per heavy atom. The molecule has 7 heteroatoms. The van der Waals surface area contributed by atoms with Gasteiger partial charge in [0, 0.05) is 0 Å². The minimum Gasteiger partial charge on any atom is -0.509 e. The number of hydrogen-bond acceptors (Lipinski definition) is 6. The van der Waals surface area contributed by atoms with Gasteiger partial charge in [-0.3, -0.25) is 5.41 Å². The minimum atomic E-state index is 0.0807. The van der Waals surface area contributed by atoms with E-state index < -0.39 is 0 Å². The molecule has 0 fully saturated rings. The predicted molar refractivity (Wildman–Crippen MR) is 99.3 cm³/mol. The molecule has 0 radical (unpaired) electrons. The molecule has 0 spiro atoms. The van der Waals surface area contributed by atoms with Gasteiger partial charge < -0.3 is 10.2 Å². The molecule has 25 heavy (non-hydrogen) atoms. The highest BCUT2D eigenvalue weighted by molar-refractivity contribution is 7.19. The molecule has 0 bridgehead atoms. The van der Waals surface area contributed by atoms with Crippen LogP contribution in [0.1, 0.15) is 10.6 Å². The summed E-state index contributed by atoms with van der Waals surface area (Å²) < 4.78 is 1.01. The summed E-state index contributed by atoms with van der Waals surface area (Å²) in [7, 11) is 0. The van der Waals surface area contributed by atoms with Crippen molar-refractivity contribution < 1.29 is 10.2 Å². The van der Waals surface area contributed by atoms with E-state index in [0.29, 0.717) is 16.1 Å². The van der Waals surface area contributed by atoms with Crippen molar-refractivity contribution in [2.45, 2.75) is 0 Å². The number of aromatic hydroxyl groups is 1. The number of phenolic OH excluding ortho intramolecular Hbond substituents is 1. The highest BCUT2D eigenvalue weighted by Crippen LogP contribution is 2.33. The van der Waals surface area contributed by atoms with Crippen LogP contribution in [0.5, 0.6) is 5.75 Å². The number of aliphatic hydroxyl groups is 1. The molecule has 0 unspecified atom stereocenters. The third-order valence-electron chi connectivity index (χ3n) is 3.81. The van der Waals surface area contributed by atoms with Crippen LogP contribution in [0.3, 0.4) is 0 Å². The second-order valence-electron chi connectivity index (χ2n) is 5.55. The summed E-state index contributed by atoms with van der Waals surface area (Å²) in [6.07, 6.45) is 1.54. The lowest BCUT2D eigenvalue weighted by Crippen LogP contribution is -2.20. The van der Waals surface area contributed by atoms with E-state index in [2.05, 4.69) is 10.1 Å². The first-order valence-electron chi connectivity index (χ1n) is 7.59. The topological polar surface area (TPSA) is 92.8 Å². The number of phenols is 1. The maximum Gasteiger partial charge on any atom is 0.155 e. The van der Waals surface area contributed by atoms with E-state index in [9.17, 15) is 10.2 Å². The molecule has 1 aliphatic rings. The SMILES string of the molecule is N=C1C(c2nc3ccccc3s2)=C(O)CN1/N=C/c1cccc(O)c1. The van der Waals surface area contributed by atoms with E-state index in [4.69, 9.17) is 5.41 Å². The van der Waals surface area contributed by atoms with Crippen LogP contribution in [0.2, 0.25) is 0 Å². The van der Waals surface area contributed by atoms with Crippen molar-refractivity contribution in [2.75, 3.05) is 6.54 Å². The number of nitrogens with zero attached hydrogens (tertiary/aromatic N) is 3. The van der Waals surface area contributed by atoms with Crippen molar-refractivity contribution in [3.05, 3.63) is 64.9 Å². The molecule has 1 aromatic heterocycles. The molecule has 6 nitrogen and oxygen atoms in total. The number of hydrazone groups is 1. The third kappa shape index (κ3) is 2.85. The highest BCUT2D eigenvalue weighted by Gasteiger charge is 2.30. The highest BCUT2D eigenvalue weighted by atomic mass is 32.1. The van der Waals surface area contributed by atoms with Crippen LogP contribution in [0.25, 0.3) is 15.8 Å². The Morgan fingerprint density at radius 2 is 2.00 bits per heavy atom. The molecular formula is C18H14N4O2S. The number of fused-ring (bicyclic) bond motifs is 1. The van der Waals surface area contributed by atoms with Crippen LogP contribution in [0, 0.1) is 5.41 Å². The molecule has 124 valence electrons. The average molecular weight is 350 g/mol. The molecule has 3 N–H and O–H groups in total. The van der Waals surface area contributed by atoms with Gasteiger partial charge in [-0.2, -0.15) is 5.10 Å². The predicted octanol–water partition coefficient (Wildman–Crippen LogP) is 3.60. The number of aliphatic hydroxyl groups excluding tert-OH is 1. The number of benzene rings is 2. The monoisotopic (exact) mass is 350 g/mol. The smallest absolute Gasteiger partial charge is 0.155 e. The van der Waals surface area contributed by atoms with Gasteiger partial charge in [-0.25, -0.2) is 9.99 Å². The molecule has 4 rings (SSSR count). The first-order valence-corrected chi connectivity index (χ1v) is 8.41. The number of nitrogens with one attached hydrogen (secondary N) is 1. The number of amidine groups is 1. The Balaban J connectivity index is 1.61. The fourth-order valence-electron chi connectivity index (χ4n) is 2.61. The minimum absolute atomic E-state index is 0.0807. The Morgan fingerprint density at radius 3 is 2.80 bits per heavy atom. The second-order valence-corrected chi connectivity index (χ2v) is 6.58. The van der Waals surface area contributed by atoms with E-state index in [1.165, 1.54) is 16.3 Å². The van der Waals surface area contributed by atoms with Crippen molar-refractivity contribution in [3.8, 4) is 5.75 Å². The van der Waals surface area contributed by atoms with Gasteiger partial charge in [0.15, 0.2) is 5.84 Å². The summed E-state index contributed by atoms with van der Waals surface area (Å²) in [6, 6.07) is 14.4. The fraction of sp³-hybridized carbons (Fsp3) is 0.0556. The normalized spacial score (nSPS) is 15.0. The van der Waals surface area contributed by atoms with Crippen LogP contribution >= 0.6 is 11.3 Å². The van der Waals surface area contributed by atoms with Crippen LogP contribution in [0.4, 0.5) is 0 Å². The maximum absolute atomic E-state index is 10.3. The van der Waals surface area contributed by atoms with Gasteiger partial charge in [0.05, 0.1) is 22.0 Å². The van der Waals surface area contributed by atoms with Crippen molar-refractivity contribution in [1.82, 2.24) is 9.99 Å². The van der Waals surface area contributed by atoms with Crippen molar-refractivity contribution in [2.24, 2.45) is 5.10 Å². The van der Waals surface area contributed by atoms with E-state index in [1.807, 2.05) is 24.3 Å². The van der Waals surface area contributed by atoms with Gasteiger partial charge in [0.25, 0.3) is 0 Å². The molecule has 1 aliphatic heterocycles. The standard InChI is InChI=1S/C18H14N4O2S/c19-17-16(18-21-13-6-1-2-7-15(13)25-18)14(24)10-22(17)20-9-11-4-3-5-12(23)8-11/h1-9,19,23-24H,10H2/b19-17?,20-9+. The Bertz CT molecular complexity index is 1010. The van der Waals surface area contributed by atoms with Crippen molar-refractivity contribution in [1.29, 1.82) is 5.41 Å². The van der Waals surface area contributed by atoms with Gasteiger partial charge >= 0.3 is 0 Å². The molecule has 0 aliphatic carbocycles. The summed E-state index contributed by atoms with van der Waals surface area (Å²) in [5, 5.41) is 34.4. The molecule has 2 aromatic carbocycles. The molecule has 3 aromatic rings. The molecule has 0 saturated carbocycles. The zero-order valence-electron chi connectivity index (χ0n) is 13.0. The Kier molecular flexibility index (Phi) is 3.70. The first kappa shape index (κ1) is 15.3. The van der Waals surface area contributed by atoms with Gasteiger partial charge in [0.1, 0.15) is 23.1 Å². The lowest BCUT2D eigenvalue weighted by molar-refractivity contribution is 0.358. The largest absolute Gasteiger partial charge is 0.509 e. The van der Waals surface area contributed by atoms with Crippen molar-refractivity contribution >= 4 is 39.2 Å². The summed E-state index contributed by atoms with van der Waals surface area (Å²) in [5.41, 5.74) is 1.97. The number of thiazole rings is 1. The van der Waals surface area contributed by atoms with Gasteiger partial charge in [-0.1, -0.05) is 24.3 Å². The third-order valence-corrected chi connectivity index (χ3v) is 4.86. The lowest BCUT2D eigenvalue weighted by Gasteiger charge is -2.11. The zero-order valence-corrected chi connectivity index (χ0v) is 13.9. The van der Waals surface area contributed by atoms with Gasteiger partial charge in [0.2, 0.25) is 0 Å². The van der Waals surface area contributed by atoms with E-state index in [1.54, 1.807) is 30.5 Å². The Labute approximate surface area is 147 Å². The first-order chi connectivity index (χ1) is 12.1. The van der Waals surface area contributed by atoms with Crippen LogP contribution in [-0.4, -0.2) is 38.8 Å².